The van der Waals surface area contributed by atoms with Crippen LogP contribution in [-0.2, 0) is 5.54 Å². The van der Waals surface area contributed by atoms with Crippen LogP contribution in [0.5, 0.6) is 0 Å². The van der Waals surface area contributed by atoms with Crippen molar-refractivity contribution in [2.24, 2.45) is 10.7 Å². The number of hydrogen-bond donors (Lipinski definition) is 2. The van der Waals surface area contributed by atoms with Crippen molar-refractivity contribution in [1.29, 1.82) is 0 Å². The van der Waals surface area contributed by atoms with E-state index in [0.717, 1.165) is 6.07 Å². The van der Waals surface area contributed by atoms with Crippen molar-refractivity contribution in [3.05, 3.63) is 69.9 Å². The summed E-state index contributed by atoms with van der Waals surface area (Å²) in [5.74, 6) is -2.14. The molecule has 1 aliphatic rings. The molecule has 5 nitrogen and oxygen atoms in total. The zero-order valence-electron chi connectivity index (χ0n) is 13.5. The van der Waals surface area contributed by atoms with Crippen LogP contribution in [0.4, 0.5) is 14.5 Å². The molecular weight excluding hydrogens is 382 g/mol. The maximum absolute atomic E-state index is 14.3. The minimum Gasteiger partial charge on any atom is -0.378 e. The van der Waals surface area contributed by atoms with E-state index in [4.69, 9.17) is 17.3 Å². The monoisotopic (exact) mass is 394 g/mol. The van der Waals surface area contributed by atoms with E-state index in [1.54, 1.807) is 18.4 Å². The van der Waals surface area contributed by atoms with Crippen molar-refractivity contribution in [2.45, 2.75) is 12.5 Å². The number of benzene rings is 1. The van der Waals surface area contributed by atoms with Crippen LogP contribution in [0, 0.1) is 11.6 Å². The highest BCUT2D eigenvalue weighted by Crippen LogP contribution is 2.35. The molecule has 134 valence electrons. The van der Waals surface area contributed by atoms with Crippen LogP contribution in [0.1, 0.15) is 23.0 Å². The van der Waals surface area contributed by atoms with E-state index in [2.05, 4.69) is 15.3 Å². The third-order valence-corrected chi connectivity index (χ3v) is 4.53. The fourth-order valence-electron chi connectivity index (χ4n) is 2.44. The number of amidine groups is 1. The number of anilines is 1. The predicted octanol–water partition coefficient (Wildman–Crippen LogP) is 4.06. The van der Waals surface area contributed by atoms with Crippen molar-refractivity contribution in [3.63, 3.8) is 0 Å². The van der Waals surface area contributed by atoms with Crippen LogP contribution in [0.2, 0.25) is 5.02 Å². The Bertz CT molecular complexity index is 950. The number of aliphatic imine (C=N–C) groups is 1. The molecule has 1 amide bonds. The van der Waals surface area contributed by atoms with Crippen molar-refractivity contribution in [1.82, 2.24) is 4.98 Å². The Hall–Kier alpha value is -2.45. The van der Waals surface area contributed by atoms with Gasteiger partial charge in [0.15, 0.2) is 16.7 Å². The maximum Gasteiger partial charge on any atom is 0.277 e. The number of nitrogens with two attached hydrogens (primary N) is 1. The Kier molecular flexibility index (Phi) is 4.97. The van der Waals surface area contributed by atoms with Crippen molar-refractivity contribution in [3.8, 4) is 0 Å². The molecule has 0 bridgehead atoms. The molecule has 1 aromatic carbocycles. The number of amides is 1. The number of pyridine rings is 1. The third kappa shape index (κ3) is 3.71. The zero-order chi connectivity index (χ0) is 18.9. The lowest BCUT2D eigenvalue weighted by atomic mass is 9.92. The first-order chi connectivity index (χ1) is 12.3. The van der Waals surface area contributed by atoms with E-state index in [1.165, 1.54) is 36.2 Å². The van der Waals surface area contributed by atoms with Gasteiger partial charge < -0.3 is 11.1 Å². The van der Waals surface area contributed by atoms with Gasteiger partial charge in [-0.1, -0.05) is 23.4 Å². The standard InChI is InChI=1S/C17H13ClF2N4OS/c1-17(4-5-26-16(21)24-17)11-7-10(2-3-12(11)19)23-15(25)14-13(20)6-9(18)8-22-14/h2-8H,1H3,(H2,21,24)(H,23,25)/t17-/m0/s1. The first-order valence-corrected chi connectivity index (χ1v) is 8.66. The SMILES string of the molecule is C[C@@]1(c2cc(NC(=O)c3ncc(Cl)cc3F)ccc2F)C=CSC(N)=N1. The fraction of sp³-hybridized carbons (Fsp3) is 0.118. The average molecular weight is 395 g/mol. The van der Waals surface area contributed by atoms with Gasteiger partial charge in [0.25, 0.3) is 5.91 Å². The number of nitrogens with one attached hydrogen (secondary N) is 1. The van der Waals surface area contributed by atoms with Gasteiger partial charge >= 0.3 is 0 Å². The van der Waals surface area contributed by atoms with Gasteiger partial charge in [-0.15, -0.1) is 0 Å². The summed E-state index contributed by atoms with van der Waals surface area (Å²) in [5.41, 5.74) is 4.80. The largest absolute Gasteiger partial charge is 0.378 e. The molecule has 26 heavy (non-hydrogen) atoms. The van der Waals surface area contributed by atoms with Crippen LogP contribution in [-0.4, -0.2) is 16.1 Å². The summed E-state index contributed by atoms with van der Waals surface area (Å²) in [6, 6.07) is 4.98. The molecule has 3 N–H and O–H groups in total. The highest BCUT2D eigenvalue weighted by molar-refractivity contribution is 8.16. The molecule has 0 radical (unpaired) electrons. The van der Waals surface area contributed by atoms with Crippen molar-refractivity contribution < 1.29 is 13.6 Å². The Morgan fingerprint density at radius 2 is 2.08 bits per heavy atom. The number of rotatable bonds is 3. The molecule has 1 aliphatic heterocycles. The van der Waals surface area contributed by atoms with Gasteiger partial charge in [-0.2, -0.15) is 0 Å². The van der Waals surface area contributed by atoms with Gasteiger partial charge in [0.05, 0.1) is 5.02 Å². The highest BCUT2D eigenvalue weighted by Gasteiger charge is 2.29. The average Bonchev–Trinajstić information content (AvgIpc) is 2.56. The van der Waals surface area contributed by atoms with Gasteiger partial charge in [0, 0.05) is 17.4 Å². The zero-order valence-corrected chi connectivity index (χ0v) is 15.0. The summed E-state index contributed by atoms with van der Waals surface area (Å²) >= 11 is 6.86. The number of aromatic nitrogens is 1. The molecular formula is C17H13ClF2N4OS. The number of carbonyl (C=O) groups excluding carboxylic acids is 1. The molecule has 0 fully saturated rings. The molecule has 9 heteroatoms. The smallest absolute Gasteiger partial charge is 0.277 e. The topological polar surface area (TPSA) is 80.4 Å². The predicted molar refractivity (Wildman–Crippen MR) is 99.3 cm³/mol. The van der Waals surface area contributed by atoms with Gasteiger partial charge in [-0.25, -0.2) is 18.8 Å². The molecule has 3 rings (SSSR count). The van der Waals surface area contributed by atoms with E-state index in [0.29, 0.717) is 5.17 Å². The summed E-state index contributed by atoms with van der Waals surface area (Å²) in [6.45, 7) is 1.69. The molecule has 2 heterocycles. The lowest BCUT2D eigenvalue weighted by molar-refractivity contribution is 0.101. The van der Waals surface area contributed by atoms with E-state index in [9.17, 15) is 13.6 Å². The molecule has 0 aliphatic carbocycles. The minimum atomic E-state index is -1.01. The molecule has 1 atom stereocenters. The van der Waals surface area contributed by atoms with E-state index in [-0.39, 0.29) is 16.3 Å². The molecule has 0 saturated heterocycles. The van der Waals surface area contributed by atoms with Crippen molar-refractivity contribution in [2.75, 3.05) is 5.32 Å². The van der Waals surface area contributed by atoms with Crippen LogP contribution in [0.25, 0.3) is 0 Å². The van der Waals surface area contributed by atoms with Gasteiger partial charge in [-0.05, 0) is 42.7 Å². The first-order valence-electron chi connectivity index (χ1n) is 7.40. The summed E-state index contributed by atoms with van der Waals surface area (Å²) in [5, 5.41) is 4.60. The number of thioether (sulfide) groups is 1. The number of carbonyl (C=O) groups is 1. The van der Waals surface area contributed by atoms with Crippen LogP contribution >= 0.6 is 23.4 Å². The second-order valence-corrected chi connectivity index (χ2v) is 7.01. The molecule has 0 unspecified atom stereocenters. The molecule has 0 saturated carbocycles. The summed E-state index contributed by atoms with van der Waals surface area (Å²) in [4.78, 5) is 20.2. The molecule has 1 aromatic heterocycles. The quantitative estimate of drug-likeness (QED) is 0.822. The van der Waals surface area contributed by atoms with Crippen molar-refractivity contribution >= 4 is 40.1 Å². The van der Waals surface area contributed by atoms with E-state index < -0.39 is 28.8 Å². The Morgan fingerprint density at radius 1 is 1.31 bits per heavy atom. The Morgan fingerprint density at radius 3 is 2.77 bits per heavy atom. The van der Waals surface area contributed by atoms with Gasteiger partial charge in [-0.3, -0.25) is 4.79 Å². The van der Waals surface area contributed by atoms with E-state index in [1.807, 2.05) is 0 Å². The third-order valence-electron chi connectivity index (χ3n) is 3.72. The Labute approximate surface area is 157 Å². The normalized spacial score (nSPS) is 19.2. The Balaban J connectivity index is 1.92. The fourth-order valence-corrected chi connectivity index (χ4v) is 3.30. The lowest BCUT2D eigenvalue weighted by Gasteiger charge is -2.26. The second kappa shape index (κ2) is 7.05. The van der Waals surface area contributed by atoms with Crippen LogP contribution < -0.4 is 11.1 Å². The first kappa shape index (κ1) is 18.3. The van der Waals surface area contributed by atoms with Gasteiger partial charge in [0.2, 0.25) is 0 Å². The van der Waals surface area contributed by atoms with Gasteiger partial charge in [0.1, 0.15) is 11.4 Å². The summed E-state index contributed by atoms with van der Waals surface area (Å²) in [6.07, 6.45) is 2.87. The number of hydrogen-bond acceptors (Lipinski definition) is 5. The molecule has 2 aromatic rings. The van der Waals surface area contributed by atoms with Crippen LogP contribution in [0.3, 0.4) is 0 Å². The van der Waals surface area contributed by atoms with E-state index >= 15 is 0 Å². The lowest BCUT2D eigenvalue weighted by Crippen LogP contribution is -2.25. The number of halogens is 3. The number of nitrogens with zero attached hydrogens (tertiary/aromatic N) is 2. The maximum atomic E-state index is 14.3. The summed E-state index contributed by atoms with van der Waals surface area (Å²) in [7, 11) is 0. The summed E-state index contributed by atoms with van der Waals surface area (Å²) < 4.78 is 28.2. The highest BCUT2D eigenvalue weighted by atomic mass is 35.5. The van der Waals surface area contributed by atoms with Crippen LogP contribution in [0.15, 0.2) is 46.9 Å². The minimum absolute atomic E-state index is 0.0773. The molecule has 0 spiro atoms. The second-order valence-electron chi connectivity index (χ2n) is 5.65.